The first-order valence-corrected chi connectivity index (χ1v) is 13.9. The Hall–Kier alpha value is -3.80. The van der Waals surface area contributed by atoms with Gasteiger partial charge in [0.25, 0.3) is 5.91 Å². The molecule has 1 aliphatic carbocycles. The van der Waals surface area contributed by atoms with Crippen LogP contribution < -0.4 is 14.8 Å². The first kappa shape index (κ1) is 28.2. The highest BCUT2D eigenvalue weighted by Gasteiger charge is 2.32. The first-order chi connectivity index (χ1) is 18.9. The molecule has 0 spiro atoms. The molecular formula is C33H40N2O4. The van der Waals surface area contributed by atoms with E-state index < -0.39 is 6.04 Å². The van der Waals surface area contributed by atoms with Crippen LogP contribution in [0.3, 0.4) is 0 Å². The SMILES string of the molecule is COc1cccc(CN(C(=O)COc2cccc(C)c2C)C(Cc2ccccc2)C(=O)NC2CCCCC2)c1. The van der Waals surface area contributed by atoms with Crippen LogP contribution in [0.1, 0.15) is 54.4 Å². The molecule has 1 atom stereocenters. The molecule has 1 aliphatic rings. The molecule has 1 saturated carbocycles. The molecule has 0 heterocycles. The second-order valence-corrected chi connectivity index (χ2v) is 10.4. The standard InChI is InChI=1S/C33H40N2O4/c1-24-12-10-19-31(25(24)2)39-23-32(36)35(22-27-15-11-18-29(20-27)38-3)30(21-26-13-6-4-7-14-26)33(37)34-28-16-8-5-9-17-28/h4,6-7,10-15,18-20,28,30H,5,8-9,16-17,21-23H2,1-3H3,(H,34,37). The predicted molar refractivity (Wildman–Crippen MR) is 154 cm³/mol. The van der Waals surface area contributed by atoms with E-state index in [9.17, 15) is 9.59 Å². The summed E-state index contributed by atoms with van der Waals surface area (Å²) in [5.74, 6) is 1.03. The Balaban J connectivity index is 1.63. The molecule has 3 aromatic carbocycles. The minimum atomic E-state index is -0.685. The number of carbonyl (C=O) groups excluding carboxylic acids is 2. The van der Waals surface area contributed by atoms with Crippen molar-refractivity contribution in [3.63, 3.8) is 0 Å². The van der Waals surface area contributed by atoms with Gasteiger partial charge in [0.15, 0.2) is 6.61 Å². The van der Waals surface area contributed by atoms with Crippen LogP contribution in [-0.2, 0) is 22.6 Å². The molecule has 2 amide bonds. The number of hydrogen-bond donors (Lipinski definition) is 1. The van der Waals surface area contributed by atoms with E-state index in [0.717, 1.165) is 47.9 Å². The van der Waals surface area contributed by atoms with Crippen molar-refractivity contribution < 1.29 is 19.1 Å². The van der Waals surface area contributed by atoms with Crippen LogP contribution in [-0.4, -0.2) is 42.5 Å². The third-order valence-electron chi connectivity index (χ3n) is 7.62. The fourth-order valence-corrected chi connectivity index (χ4v) is 5.17. The van der Waals surface area contributed by atoms with E-state index in [1.54, 1.807) is 12.0 Å². The van der Waals surface area contributed by atoms with Gasteiger partial charge in [-0.2, -0.15) is 0 Å². The van der Waals surface area contributed by atoms with Crippen LogP contribution in [0.4, 0.5) is 0 Å². The molecule has 6 heteroatoms. The molecular weight excluding hydrogens is 488 g/mol. The lowest BCUT2D eigenvalue weighted by atomic mass is 9.94. The van der Waals surface area contributed by atoms with E-state index in [0.29, 0.717) is 17.9 Å². The minimum Gasteiger partial charge on any atom is -0.497 e. The summed E-state index contributed by atoms with van der Waals surface area (Å²) < 4.78 is 11.4. The molecule has 4 rings (SSSR count). The van der Waals surface area contributed by atoms with Gasteiger partial charge in [-0.1, -0.05) is 73.9 Å². The zero-order chi connectivity index (χ0) is 27.6. The number of carbonyl (C=O) groups is 2. The molecule has 0 aromatic heterocycles. The lowest BCUT2D eigenvalue weighted by Gasteiger charge is -2.33. The number of amides is 2. The number of nitrogens with zero attached hydrogens (tertiary/aromatic N) is 1. The van der Waals surface area contributed by atoms with Crippen molar-refractivity contribution in [1.82, 2.24) is 10.2 Å². The van der Waals surface area contributed by atoms with Crippen LogP contribution in [0, 0.1) is 13.8 Å². The average molecular weight is 529 g/mol. The summed E-state index contributed by atoms with van der Waals surface area (Å²) in [4.78, 5) is 29.4. The number of rotatable bonds is 11. The van der Waals surface area contributed by atoms with Crippen molar-refractivity contribution >= 4 is 11.8 Å². The predicted octanol–water partition coefficient (Wildman–Crippen LogP) is 5.78. The highest BCUT2D eigenvalue weighted by molar-refractivity contribution is 5.88. The normalized spacial score (nSPS) is 14.3. The van der Waals surface area contributed by atoms with E-state index in [4.69, 9.17) is 9.47 Å². The maximum absolute atomic E-state index is 13.9. The summed E-state index contributed by atoms with van der Waals surface area (Å²) in [5, 5.41) is 3.27. The van der Waals surface area contributed by atoms with Gasteiger partial charge < -0.3 is 19.7 Å². The van der Waals surface area contributed by atoms with E-state index in [1.165, 1.54) is 6.42 Å². The zero-order valence-corrected chi connectivity index (χ0v) is 23.3. The molecule has 3 aromatic rings. The van der Waals surface area contributed by atoms with Crippen molar-refractivity contribution in [2.24, 2.45) is 0 Å². The van der Waals surface area contributed by atoms with Gasteiger partial charge in [0.2, 0.25) is 5.91 Å². The summed E-state index contributed by atoms with van der Waals surface area (Å²) >= 11 is 0. The van der Waals surface area contributed by atoms with Crippen LogP contribution in [0.25, 0.3) is 0 Å². The zero-order valence-electron chi connectivity index (χ0n) is 23.3. The second-order valence-electron chi connectivity index (χ2n) is 10.4. The Bertz CT molecular complexity index is 1240. The molecule has 0 radical (unpaired) electrons. The summed E-state index contributed by atoms with van der Waals surface area (Å²) in [6.45, 7) is 4.11. The van der Waals surface area contributed by atoms with Crippen molar-refractivity contribution in [3.05, 3.63) is 95.1 Å². The lowest BCUT2D eigenvalue weighted by molar-refractivity contribution is -0.143. The quantitative estimate of drug-likeness (QED) is 0.343. The molecule has 6 nitrogen and oxygen atoms in total. The van der Waals surface area contributed by atoms with Crippen molar-refractivity contribution in [2.75, 3.05) is 13.7 Å². The van der Waals surface area contributed by atoms with Crippen LogP contribution in [0.2, 0.25) is 0 Å². The Kier molecular flexibility index (Phi) is 10.0. The van der Waals surface area contributed by atoms with Gasteiger partial charge in [-0.25, -0.2) is 0 Å². The van der Waals surface area contributed by atoms with Crippen molar-refractivity contribution in [1.29, 1.82) is 0 Å². The Morgan fingerprint density at radius 1 is 0.923 bits per heavy atom. The molecule has 1 unspecified atom stereocenters. The average Bonchev–Trinajstić information content (AvgIpc) is 2.96. The largest absolute Gasteiger partial charge is 0.497 e. The Morgan fingerprint density at radius 3 is 2.38 bits per heavy atom. The van der Waals surface area contributed by atoms with Gasteiger partial charge >= 0.3 is 0 Å². The molecule has 0 bridgehead atoms. The van der Waals surface area contributed by atoms with Crippen molar-refractivity contribution in [3.8, 4) is 11.5 Å². The van der Waals surface area contributed by atoms with Crippen molar-refractivity contribution in [2.45, 2.75) is 71.0 Å². The fourth-order valence-electron chi connectivity index (χ4n) is 5.17. The summed E-state index contributed by atoms with van der Waals surface area (Å²) in [6, 6.07) is 22.8. The topological polar surface area (TPSA) is 67.9 Å². The third kappa shape index (κ3) is 7.85. The number of ether oxygens (including phenoxy) is 2. The number of benzene rings is 3. The second kappa shape index (κ2) is 13.8. The Morgan fingerprint density at radius 2 is 1.64 bits per heavy atom. The highest BCUT2D eigenvalue weighted by atomic mass is 16.5. The monoisotopic (exact) mass is 528 g/mol. The number of hydrogen-bond acceptors (Lipinski definition) is 4. The van der Waals surface area contributed by atoms with E-state index in [1.807, 2.05) is 86.6 Å². The summed E-state index contributed by atoms with van der Waals surface area (Å²) in [6.07, 6.45) is 5.80. The maximum Gasteiger partial charge on any atom is 0.261 e. The Labute approximate surface area is 232 Å². The minimum absolute atomic E-state index is 0.117. The number of methoxy groups -OCH3 is 1. The van der Waals surface area contributed by atoms with Crippen LogP contribution >= 0.6 is 0 Å². The summed E-state index contributed by atoms with van der Waals surface area (Å²) in [7, 11) is 1.62. The van der Waals surface area contributed by atoms with Gasteiger partial charge in [0.05, 0.1) is 7.11 Å². The molecule has 0 aliphatic heterocycles. The molecule has 1 fully saturated rings. The smallest absolute Gasteiger partial charge is 0.261 e. The van der Waals surface area contributed by atoms with Gasteiger partial charge in [0.1, 0.15) is 17.5 Å². The van der Waals surface area contributed by atoms with Crippen LogP contribution in [0.5, 0.6) is 11.5 Å². The molecule has 39 heavy (non-hydrogen) atoms. The van der Waals surface area contributed by atoms with E-state index in [2.05, 4.69) is 5.32 Å². The maximum atomic E-state index is 13.9. The van der Waals surface area contributed by atoms with E-state index >= 15 is 0 Å². The molecule has 206 valence electrons. The van der Waals surface area contributed by atoms with Gasteiger partial charge in [0, 0.05) is 19.0 Å². The molecule has 1 N–H and O–H groups in total. The van der Waals surface area contributed by atoms with Crippen LogP contribution in [0.15, 0.2) is 72.8 Å². The lowest BCUT2D eigenvalue weighted by Crippen LogP contribution is -2.53. The number of aryl methyl sites for hydroxylation is 1. The highest BCUT2D eigenvalue weighted by Crippen LogP contribution is 2.23. The number of nitrogens with one attached hydrogen (secondary N) is 1. The third-order valence-corrected chi connectivity index (χ3v) is 7.62. The van der Waals surface area contributed by atoms with Gasteiger partial charge in [-0.3, -0.25) is 9.59 Å². The van der Waals surface area contributed by atoms with Gasteiger partial charge in [-0.05, 0) is 67.1 Å². The first-order valence-electron chi connectivity index (χ1n) is 13.9. The van der Waals surface area contributed by atoms with E-state index in [-0.39, 0.29) is 31.0 Å². The summed E-state index contributed by atoms with van der Waals surface area (Å²) in [5.41, 5.74) is 3.99. The van der Waals surface area contributed by atoms with Gasteiger partial charge in [-0.15, -0.1) is 0 Å². The fraction of sp³-hybridized carbons (Fsp3) is 0.394. The molecule has 0 saturated heterocycles.